The lowest BCUT2D eigenvalue weighted by atomic mass is 9.75. The van der Waals surface area contributed by atoms with Gasteiger partial charge in [-0.3, -0.25) is 4.90 Å². The molecule has 1 aliphatic carbocycles. The second kappa shape index (κ2) is 5.41. The van der Waals surface area contributed by atoms with Gasteiger partial charge in [-0.1, -0.05) is 19.9 Å². The summed E-state index contributed by atoms with van der Waals surface area (Å²) in [6.07, 6.45) is 5.16. The first-order valence-corrected chi connectivity index (χ1v) is 7.15. The molecule has 19 heavy (non-hydrogen) atoms. The lowest BCUT2D eigenvalue weighted by Crippen LogP contribution is -2.36. The van der Waals surface area contributed by atoms with E-state index in [-0.39, 0.29) is 5.75 Å². The largest absolute Gasteiger partial charge is 0.506 e. The van der Waals surface area contributed by atoms with Crippen LogP contribution in [0.15, 0.2) is 18.2 Å². The fourth-order valence-electron chi connectivity index (χ4n) is 2.94. The normalized spacial score (nSPS) is 19.8. The van der Waals surface area contributed by atoms with Gasteiger partial charge in [-0.05, 0) is 55.8 Å². The number of rotatable bonds is 3. The molecule has 1 aromatic carbocycles. The Morgan fingerprint density at radius 1 is 1.32 bits per heavy atom. The van der Waals surface area contributed by atoms with E-state index in [4.69, 9.17) is 5.73 Å². The monoisotopic (exact) mass is 262 g/mol. The SMILES string of the molecule is CN(Cc1ccc(O)c(N)c1)C1CCC(C)(C)CC1. The highest BCUT2D eigenvalue weighted by Crippen LogP contribution is 2.37. The summed E-state index contributed by atoms with van der Waals surface area (Å²) in [6.45, 7) is 5.63. The first-order valence-electron chi connectivity index (χ1n) is 7.15. The Morgan fingerprint density at radius 3 is 2.53 bits per heavy atom. The Labute approximate surface area is 116 Å². The Balaban J connectivity index is 1.94. The summed E-state index contributed by atoms with van der Waals surface area (Å²) in [5.74, 6) is 0.172. The topological polar surface area (TPSA) is 49.5 Å². The highest BCUT2D eigenvalue weighted by Gasteiger charge is 2.28. The van der Waals surface area contributed by atoms with Gasteiger partial charge < -0.3 is 10.8 Å². The Morgan fingerprint density at radius 2 is 1.95 bits per heavy atom. The maximum absolute atomic E-state index is 9.45. The summed E-state index contributed by atoms with van der Waals surface area (Å²) < 4.78 is 0. The van der Waals surface area contributed by atoms with Crippen molar-refractivity contribution in [1.82, 2.24) is 4.90 Å². The maximum Gasteiger partial charge on any atom is 0.138 e. The van der Waals surface area contributed by atoms with Crippen molar-refractivity contribution in [3.05, 3.63) is 23.8 Å². The summed E-state index contributed by atoms with van der Waals surface area (Å²) in [4.78, 5) is 2.42. The van der Waals surface area contributed by atoms with Crippen LogP contribution in [0.5, 0.6) is 5.75 Å². The molecule has 0 bridgehead atoms. The average molecular weight is 262 g/mol. The van der Waals surface area contributed by atoms with Crippen LogP contribution in [0.2, 0.25) is 0 Å². The van der Waals surface area contributed by atoms with E-state index in [1.807, 2.05) is 12.1 Å². The third-order valence-corrected chi connectivity index (χ3v) is 4.46. The van der Waals surface area contributed by atoms with Crippen molar-refractivity contribution in [3.8, 4) is 5.75 Å². The van der Waals surface area contributed by atoms with Crippen molar-refractivity contribution in [3.63, 3.8) is 0 Å². The van der Waals surface area contributed by atoms with Crippen LogP contribution in [0.25, 0.3) is 0 Å². The van der Waals surface area contributed by atoms with Crippen molar-refractivity contribution in [2.24, 2.45) is 5.41 Å². The second-order valence-corrected chi connectivity index (χ2v) is 6.70. The molecule has 0 saturated heterocycles. The molecule has 0 spiro atoms. The highest BCUT2D eigenvalue weighted by atomic mass is 16.3. The number of phenols is 1. The molecule has 0 amide bonds. The smallest absolute Gasteiger partial charge is 0.138 e. The van der Waals surface area contributed by atoms with Crippen molar-refractivity contribution in [2.75, 3.05) is 12.8 Å². The molecule has 1 fully saturated rings. The third kappa shape index (κ3) is 3.63. The second-order valence-electron chi connectivity index (χ2n) is 6.70. The lowest BCUT2D eigenvalue weighted by molar-refractivity contribution is 0.123. The van der Waals surface area contributed by atoms with Gasteiger partial charge >= 0.3 is 0 Å². The van der Waals surface area contributed by atoms with Gasteiger partial charge in [-0.15, -0.1) is 0 Å². The molecule has 0 atom stereocenters. The number of phenolic OH excluding ortho intramolecular Hbond substituents is 1. The zero-order chi connectivity index (χ0) is 14.0. The first kappa shape index (κ1) is 14.2. The minimum absolute atomic E-state index is 0.172. The molecule has 1 aromatic rings. The molecule has 0 unspecified atom stereocenters. The fourth-order valence-corrected chi connectivity index (χ4v) is 2.94. The van der Waals surface area contributed by atoms with E-state index in [9.17, 15) is 5.11 Å². The number of anilines is 1. The third-order valence-electron chi connectivity index (χ3n) is 4.46. The van der Waals surface area contributed by atoms with Gasteiger partial charge in [0.1, 0.15) is 5.75 Å². The minimum Gasteiger partial charge on any atom is -0.506 e. The molecule has 1 saturated carbocycles. The van der Waals surface area contributed by atoms with Crippen LogP contribution in [0.4, 0.5) is 5.69 Å². The van der Waals surface area contributed by atoms with E-state index in [0.29, 0.717) is 17.1 Å². The van der Waals surface area contributed by atoms with Crippen LogP contribution in [0.1, 0.15) is 45.1 Å². The number of hydrogen-bond acceptors (Lipinski definition) is 3. The lowest BCUT2D eigenvalue weighted by Gasteiger charge is -2.38. The van der Waals surface area contributed by atoms with Crippen LogP contribution >= 0.6 is 0 Å². The van der Waals surface area contributed by atoms with E-state index in [1.54, 1.807) is 6.07 Å². The number of hydrogen-bond donors (Lipinski definition) is 2. The summed E-state index contributed by atoms with van der Waals surface area (Å²) in [6, 6.07) is 6.18. The van der Waals surface area contributed by atoms with Crippen LogP contribution in [-0.2, 0) is 6.54 Å². The summed E-state index contributed by atoms with van der Waals surface area (Å²) in [5.41, 5.74) is 7.89. The molecule has 1 aliphatic rings. The van der Waals surface area contributed by atoms with Crippen molar-refractivity contribution in [2.45, 2.75) is 52.1 Å². The Bertz CT molecular complexity index is 432. The van der Waals surface area contributed by atoms with Gasteiger partial charge in [-0.2, -0.15) is 0 Å². The molecule has 0 heterocycles. The molecule has 3 N–H and O–H groups in total. The zero-order valence-electron chi connectivity index (χ0n) is 12.3. The minimum atomic E-state index is 0.172. The van der Waals surface area contributed by atoms with Gasteiger partial charge in [0, 0.05) is 12.6 Å². The number of nitrogens with zero attached hydrogens (tertiary/aromatic N) is 1. The Hall–Kier alpha value is -1.22. The predicted molar refractivity (Wildman–Crippen MR) is 80.0 cm³/mol. The van der Waals surface area contributed by atoms with Gasteiger partial charge in [-0.25, -0.2) is 0 Å². The predicted octanol–water partition coefficient (Wildman–Crippen LogP) is 3.38. The van der Waals surface area contributed by atoms with E-state index in [1.165, 1.54) is 31.2 Å². The fraction of sp³-hybridized carbons (Fsp3) is 0.625. The van der Waals surface area contributed by atoms with Gasteiger partial charge in [0.05, 0.1) is 5.69 Å². The molecule has 2 rings (SSSR count). The molecule has 0 aromatic heterocycles. The molecule has 0 aliphatic heterocycles. The first-order chi connectivity index (χ1) is 8.87. The quantitative estimate of drug-likeness (QED) is 0.648. The van der Waals surface area contributed by atoms with E-state index < -0.39 is 0 Å². The molecule has 3 nitrogen and oxygen atoms in total. The van der Waals surface area contributed by atoms with E-state index in [2.05, 4.69) is 25.8 Å². The van der Waals surface area contributed by atoms with Gasteiger partial charge in [0.25, 0.3) is 0 Å². The van der Waals surface area contributed by atoms with E-state index >= 15 is 0 Å². The molecule has 3 heteroatoms. The number of aromatic hydroxyl groups is 1. The van der Waals surface area contributed by atoms with Crippen molar-refractivity contribution < 1.29 is 5.11 Å². The van der Waals surface area contributed by atoms with Crippen LogP contribution in [-0.4, -0.2) is 23.1 Å². The molecular formula is C16H26N2O. The molecule has 106 valence electrons. The zero-order valence-corrected chi connectivity index (χ0v) is 12.3. The van der Waals surface area contributed by atoms with Crippen molar-refractivity contribution >= 4 is 5.69 Å². The summed E-state index contributed by atoms with van der Waals surface area (Å²) in [5, 5.41) is 9.45. The highest BCUT2D eigenvalue weighted by molar-refractivity contribution is 5.53. The van der Waals surface area contributed by atoms with Crippen LogP contribution in [0, 0.1) is 5.41 Å². The van der Waals surface area contributed by atoms with Crippen LogP contribution < -0.4 is 5.73 Å². The van der Waals surface area contributed by atoms with E-state index in [0.717, 1.165) is 6.54 Å². The van der Waals surface area contributed by atoms with Crippen molar-refractivity contribution in [1.29, 1.82) is 0 Å². The Kier molecular flexibility index (Phi) is 4.04. The van der Waals surface area contributed by atoms with Gasteiger partial charge in [0.2, 0.25) is 0 Å². The summed E-state index contributed by atoms with van der Waals surface area (Å²) in [7, 11) is 2.19. The standard InChI is InChI=1S/C16H26N2O/c1-16(2)8-6-13(7-9-16)18(3)11-12-4-5-15(19)14(17)10-12/h4-5,10,13,19H,6-9,11,17H2,1-3H3. The van der Waals surface area contributed by atoms with Crippen LogP contribution in [0.3, 0.4) is 0 Å². The number of nitrogen functional groups attached to an aromatic ring is 1. The summed E-state index contributed by atoms with van der Waals surface area (Å²) >= 11 is 0. The van der Waals surface area contributed by atoms with Gasteiger partial charge in [0.15, 0.2) is 0 Å². The number of benzene rings is 1. The number of nitrogens with two attached hydrogens (primary N) is 1. The molecular weight excluding hydrogens is 236 g/mol. The average Bonchev–Trinajstić information content (AvgIpc) is 2.33. The maximum atomic E-state index is 9.45. The molecule has 0 radical (unpaired) electrons.